The largest absolute Gasteiger partial charge is 0.493 e. The molecule has 1 atom stereocenters. The number of methoxy groups -OCH3 is 2. The number of nitrogens with zero attached hydrogens (tertiary/aromatic N) is 2. The molecule has 32 heavy (non-hydrogen) atoms. The summed E-state index contributed by atoms with van der Waals surface area (Å²) in [5, 5.41) is 0. The second-order valence-corrected chi connectivity index (χ2v) is 8.44. The third-order valence-corrected chi connectivity index (χ3v) is 6.54. The molecule has 1 unspecified atom stereocenters. The van der Waals surface area contributed by atoms with E-state index < -0.39 is 0 Å². The van der Waals surface area contributed by atoms with E-state index in [1.165, 1.54) is 28.1 Å². The zero-order chi connectivity index (χ0) is 22.5. The summed E-state index contributed by atoms with van der Waals surface area (Å²) in [4.78, 5) is 5.04. The highest BCUT2D eigenvalue weighted by atomic mass is 16.5. The van der Waals surface area contributed by atoms with Crippen LogP contribution in [0.3, 0.4) is 0 Å². The van der Waals surface area contributed by atoms with Gasteiger partial charge in [-0.25, -0.2) is 0 Å². The molecule has 1 aliphatic rings. The lowest BCUT2D eigenvalue weighted by molar-refractivity contribution is 0.242. The summed E-state index contributed by atoms with van der Waals surface area (Å²) in [6.07, 6.45) is 4.41. The third-order valence-electron chi connectivity index (χ3n) is 6.54. The molecule has 4 heteroatoms. The van der Waals surface area contributed by atoms with Crippen molar-refractivity contribution >= 4 is 11.4 Å². The number of ether oxygens (including phenoxy) is 2. The number of aryl methyl sites for hydroxylation is 2. The standard InChI is InChI=1S/C28H34N2O2/c1-5-28(29(2)19-18-21-14-17-26(31-3)27(20-21)32-4)30-24-12-8-6-10-22(24)15-16-23-11-7-9-13-25(23)30/h6-14,17,20,28H,5,15-16,18-19H2,1-4H3. The summed E-state index contributed by atoms with van der Waals surface area (Å²) in [6.45, 7) is 3.24. The zero-order valence-electron chi connectivity index (χ0n) is 19.7. The highest BCUT2D eigenvalue weighted by Gasteiger charge is 2.28. The minimum atomic E-state index is 0.274. The number of fused-ring (bicyclic) bond motifs is 2. The summed E-state index contributed by atoms with van der Waals surface area (Å²) < 4.78 is 10.9. The smallest absolute Gasteiger partial charge is 0.160 e. The highest BCUT2D eigenvalue weighted by molar-refractivity contribution is 5.71. The molecule has 0 spiro atoms. The Morgan fingerprint density at radius 1 is 0.844 bits per heavy atom. The van der Waals surface area contributed by atoms with Crippen LogP contribution in [0.5, 0.6) is 11.5 Å². The Kier molecular flexibility index (Phi) is 7.01. The number of benzene rings is 3. The van der Waals surface area contributed by atoms with Gasteiger partial charge in [0.05, 0.1) is 20.4 Å². The number of anilines is 2. The molecule has 0 aliphatic carbocycles. The number of rotatable bonds is 8. The van der Waals surface area contributed by atoms with Gasteiger partial charge in [0, 0.05) is 17.9 Å². The number of hydrogen-bond acceptors (Lipinski definition) is 4. The topological polar surface area (TPSA) is 24.9 Å². The number of likely N-dealkylation sites (N-methyl/N-ethyl adjacent to an activating group) is 1. The molecule has 4 nitrogen and oxygen atoms in total. The van der Waals surface area contributed by atoms with E-state index in [1.807, 2.05) is 6.07 Å². The second kappa shape index (κ2) is 10.1. The minimum Gasteiger partial charge on any atom is -0.493 e. The van der Waals surface area contributed by atoms with Crippen LogP contribution in [0.2, 0.25) is 0 Å². The summed E-state index contributed by atoms with van der Waals surface area (Å²) in [7, 11) is 5.61. The lowest BCUT2D eigenvalue weighted by atomic mass is 10.0. The van der Waals surface area contributed by atoms with Crippen LogP contribution < -0.4 is 14.4 Å². The molecule has 0 amide bonds. The Labute approximate surface area is 192 Å². The third kappa shape index (κ3) is 4.46. The lowest BCUT2D eigenvalue weighted by Gasteiger charge is -2.40. The van der Waals surface area contributed by atoms with E-state index in [0.717, 1.165) is 43.7 Å². The molecule has 168 valence electrons. The van der Waals surface area contributed by atoms with Crippen molar-refractivity contribution in [2.24, 2.45) is 0 Å². The van der Waals surface area contributed by atoms with Crippen LogP contribution in [0.15, 0.2) is 66.7 Å². The van der Waals surface area contributed by atoms with Gasteiger partial charge < -0.3 is 14.4 Å². The number of para-hydroxylation sites is 2. The van der Waals surface area contributed by atoms with Gasteiger partial charge in [-0.15, -0.1) is 0 Å². The normalized spacial score (nSPS) is 13.8. The average molecular weight is 431 g/mol. The van der Waals surface area contributed by atoms with Gasteiger partial charge in [0.2, 0.25) is 0 Å². The quantitative estimate of drug-likeness (QED) is 0.447. The van der Waals surface area contributed by atoms with Gasteiger partial charge >= 0.3 is 0 Å². The van der Waals surface area contributed by atoms with E-state index in [-0.39, 0.29) is 6.17 Å². The Bertz CT molecular complexity index is 1000. The first-order valence-corrected chi connectivity index (χ1v) is 11.5. The van der Waals surface area contributed by atoms with Crippen LogP contribution in [0, 0.1) is 0 Å². The summed E-state index contributed by atoms with van der Waals surface area (Å²) in [5.41, 5.74) is 6.77. The molecule has 3 aromatic rings. The monoisotopic (exact) mass is 430 g/mol. The van der Waals surface area contributed by atoms with E-state index in [9.17, 15) is 0 Å². The van der Waals surface area contributed by atoms with Gasteiger partial charge in [-0.3, -0.25) is 4.90 Å². The van der Waals surface area contributed by atoms with Crippen LogP contribution in [-0.4, -0.2) is 38.9 Å². The maximum absolute atomic E-state index is 5.49. The second-order valence-electron chi connectivity index (χ2n) is 8.44. The van der Waals surface area contributed by atoms with Crippen molar-refractivity contribution in [3.63, 3.8) is 0 Å². The van der Waals surface area contributed by atoms with Gasteiger partial charge in [0.15, 0.2) is 11.5 Å². The molecule has 1 heterocycles. The SMILES string of the molecule is CCC(N(C)CCc1ccc(OC)c(OC)c1)N1c2ccccc2CCc2ccccc21. The van der Waals surface area contributed by atoms with Crippen molar-refractivity contribution < 1.29 is 9.47 Å². The van der Waals surface area contributed by atoms with Gasteiger partial charge in [-0.2, -0.15) is 0 Å². The van der Waals surface area contributed by atoms with Crippen LogP contribution in [0.1, 0.15) is 30.0 Å². The predicted molar refractivity (Wildman–Crippen MR) is 132 cm³/mol. The predicted octanol–water partition coefficient (Wildman–Crippen LogP) is 5.85. The van der Waals surface area contributed by atoms with Crippen molar-refractivity contribution in [1.82, 2.24) is 4.90 Å². The molecule has 0 bridgehead atoms. The summed E-state index contributed by atoms with van der Waals surface area (Å²) in [6, 6.07) is 24.0. The molecular weight excluding hydrogens is 396 g/mol. The first kappa shape index (κ1) is 22.2. The molecule has 0 radical (unpaired) electrons. The van der Waals surface area contributed by atoms with E-state index in [2.05, 4.69) is 84.4 Å². The molecule has 4 rings (SSSR count). The fourth-order valence-electron chi connectivity index (χ4n) is 4.82. The first-order valence-electron chi connectivity index (χ1n) is 11.5. The first-order chi connectivity index (χ1) is 15.7. The fourth-order valence-corrected chi connectivity index (χ4v) is 4.82. The Hall–Kier alpha value is -2.98. The van der Waals surface area contributed by atoms with E-state index >= 15 is 0 Å². The van der Waals surface area contributed by atoms with Gasteiger partial charge in [-0.05, 0) is 73.7 Å². The van der Waals surface area contributed by atoms with Crippen LogP contribution >= 0.6 is 0 Å². The van der Waals surface area contributed by atoms with E-state index in [0.29, 0.717) is 0 Å². The molecule has 1 aliphatic heterocycles. The maximum atomic E-state index is 5.49. The van der Waals surface area contributed by atoms with Gasteiger partial charge in [-0.1, -0.05) is 49.4 Å². The van der Waals surface area contributed by atoms with Gasteiger partial charge in [0.1, 0.15) is 0 Å². The molecular formula is C28H34N2O2. The maximum Gasteiger partial charge on any atom is 0.160 e. The molecule has 0 fully saturated rings. The fraction of sp³-hybridized carbons (Fsp3) is 0.357. The van der Waals surface area contributed by atoms with Crippen molar-refractivity contribution in [3.05, 3.63) is 83.4 Å². The van der Waals surface area contributed by atoms with Crippen molar-refractivity contribution in [2.45, 2.75) is 38.8 Å². The molecule has 0 N–H and O–H groups in total. The lowest BCUT2D eigenvalue weighted by Crippen LogP contribution is -2.45. The van der Waals surface area contributed by atoms with Crippen molar-refractivity contribution in [3.8, 4) is 11.5 Å². The Morgan fingerprint density at radius 3 is 2.00 bits per heavy atom. The minimum absolute atomic E-state index is 0.274. The molecule has 3 aromatic carbocycles. The van der Waals surface area contributed by atoms with E-state index in [4.69, 9.17) is 9.47 Å². The number of hydrogen-bond donors (Lipinski definition) is 0. The van der Waals surface area contributed by atoms with Crippen LogP contribution in [0.25, 0.3) is 0 Å². The van der Waals surface area contributed by atoms with Crippen LogP contribution in [0.4, 0.5) is 11.4 Å². The highest BCUT2D eigenvalue weighted by Crippen LogP contribution is 2.38. The molecule has 0 saturated heterocycles. The summed E-state index contributed by atoms with van der Waals surface area (Å²) in [5.74, 6) is 1.56. The van der Waals surface area contributed by atoms with E-state index in [1.54, 1.807) is 14.2 Å². The Morgan fingerprint density at radius 2 is 1.44 bits per heavy atom. The molecule has 0 aromatic heterocycles. The van der Waals surface area contributed by atoms with Gasteiger partial charge in [0.25, 0.3) is 0 Å². The van der Waals surface area contributed by atoms with Crippen LogP contribution in [-0.2, 0) is 19.3 Å². The molecule has 0 saturated carbocycles. The zero-order valence-corrected chi connectivity index (χ0v) is 19.7. The van der Waals surface area contributed by atoms with Crippen molar-refractivity contribution in [1.29, 1.82) is 0 Å². The van der Waals surface area contributed by atoms with Crippen molar-refractivity contribution in [2.75, 3.05) is 32.7 Å². The average Bonchev–Trinajstić information content (AvgIpc) is 3.00. The summed E-state index contributed by atoms with van der Waals surface area (Å²) >= 11 is 0. The Balaban J connectivity index is 1.61.